The molecule has 0 aliphatic carbocycles. The lowest BCUT2D eigenvalue weighted by Crippen LogP contribution is -2.38. The van der Waals surface area contributed by atoms with Crippen molar-refractivity contribution in [1.29, 1.82) is 0 Å². The summed E-state index contributed by atoms with van der Waals surface area (Å²) in [5.41, 5.74) is 2.10. The van der Waals surface area contributed by atoms with Gasteiger partial charge in [0.2, 0.25) is 5.75 Å². The fraction of sp³-hybridized carbons (Fsp3) is 0.458. The first kappa shape index (κ1) is 24.3. The minimum Gasteiger partial charge on any atom is -0.493 e. The predicted octanol–water partition coefficient (Wildman–Crippen LogP) is 3.94. The van der Waals surface area contributed by atoms with E-state index in [-0.39, 0.29) is 6.10 Å². The van der Waals surface area contributed by atoms with Crippen LogP contribution in [0.5, 0.6) is 17.2 Å². The van der Waals surface area contributed by atoms with Crippen LogP contribution in [-0.2, 0) is 11.3 Å². The number of guanidine groups is 1. The van der Waals surface area contributed by atoms with Gasteiger partial charge >= 0.3 is 0 Å². The Bertz CT molecular complexity index is 812. The molecule has 0 radical (unpaired) electrons. The van der Waals surface area contributed by atoms with Crippen LogP contribution in [0.25, 0.3) is 0 Å². The Morgan fingerprint density at radius 3 is 2.32 bits per heavy atom. The summed E-state index contributed by atoms with van der Waals surface area (Å²) >= 11 is 0. The van der Waals surface area contributed by atoms with Crippen LogP contribution in [-0.4, -0.2) is 47.0 Å². The Labute approximate surface area is 185 Å². The first-order valence-electron chi connectivity index (χ1n) is 10.6. The summed E-state index contributed by atoms with van der Waals surface area (Å²) in [5, 5.41) is 6.62. The van der Waals surface area contributed by atoms with Crippen LogP contribution in [0, 0.1) is 0 Å². The molecule has 0 aliphatic rings. The molecule has 0 saturated carbocycles. The molecule has 2 N–H and O–H groups in total. The van der Waals surface area contributed by atoms with Crippen LogP contribution in [0.2, 0.25) is 0 Å². The Balaban J connectivity index is 1.89. The Hall–Kier alpha value is -2.93. The zero-order valence-electron chi connectivity index (χ0n) is 19.2. The van der Waals surface area contributed by atoms with Gasteiger partial charge in [0.25, 0.3) is 0 Å². The van der Waals surface area contributed by atoms with Crippen molar-refractivity contribution in [1.82, 2.24) is 10.6 Å². The standard InChI is InChI=1S/C24H35N3O4/c1-6-25-24(26-15-10-16-31-18(2)19-11-8-7-9-12-19)27-17-20-13-14-21(28-3)23(30-5)22(20)29-4/h7-9,11-14,18H,6,10,15-17H2,1-5H3,(H2,25,26,27). The van der Waals surface area contributed by atoms with Gasteiger partial charge in [-0.1, -0.05) is 30.3 Å². The van der Waals surface area contributed by atoms with Gasteiger partial charge in [-0.2, -0.15) is 0 Å². The average molecular weight is 430 g/mol. The minimum atomic E-state index is 0.0839. The second-order valence-electron chi connectivity index (χ2n) is 6.89. The highest BCUT2D eigenvalue weighted by Gasteiger charge is 2.15. The van der Waals surface area contributed by atoms with Crippen molar-refractivity contribution in [3.05, 3.63) is 53.6 Å². The number of hydrogen-bond acceptors (Lipinski definition) is 5. The molecule has 1 unspecified atom stereocenters. The predicted molar refractivity (Wildman–Crippen MR) is 124 cm³/mol. The monoisotopic (exact) mass is 429 g/mol. The lowest BCUT2D eigenvalue weighted by molar-refractivity contribution is 0.0646. The third-order valence-corrected chi connectivity index (χ3v) is 4.79. The van der Waals surface area contributed by atoms with E-state index in [1.54, 1.807) is 21.3 Å². The van der Waals surface area contributed by atoms with Crippen molar-refractivity contribution in [3.63, 3.8) is 0 Å². The Morgan fingerprint density at radius 2 is 1.68 bits per heavy atom. The average Bonchev–Trinajstić information content (AvgIpc) is 2.81. The maximum Gasteiger partial charge on any atom is 0.203 e. The molecule has 2 aromatic carbocycles. The van der Waals surface area contributed by atoms with Gasteiger partial charge in [-0.05, 0) is 38.0 Å². The van der Waals surface area contributed by atoms with Crippen molar-refractivity contribution in [2.75, 3.05) is 41.0 Å². The molecule has 0 aliphatic heterocycles. The van der Waals surface area contributed by atoms with Gasteiger partial charge in [-0.25, -0.2) is 4.99 Å². The largest absolute Gasteiger partial charge is 0.493 e. The second kappa shape index (κ2) is 13.4. The van der Waals surface area contributed by atoms with E-state index in [2.05, 4.69) is 34.7 Å². The zero-order valence-corrected chi connectivity index (χ0v) is 19.2. The van der Waals surface area contributed by atoms with Crippen molar-refractivity contribution >= 4 is 5.96 Å². The van der Waals surface area contributed by atoms with Crippen molar-refractivity contribution in [2.24, 2.45) is 4.99 Å². The van der Waals surface area contributed by atoms with Gasteiger partial charge in [0.15, 0.2) is 17.5 Å². The number of benzene rings is 2. The highest BCUT2D eigenvalue weighted by Crippen LogP contribution is 2.39. The van der Waals surface area contributed by atoms with Gasteiger partial charge in [0.05, 0.1) is 34.0 Å². The summed E-state index contributed by atoms with van der Waals surface area (Å²) < 4.78 is 22.3. The summed E-state index contributed by atoms with van der Waals surface area (Å²) in [5.74, 6) is 2.57. The highest BCUT2D eigenvalue weighted by atomic mass is 16.5. The van der Waals surface area contributed by atoms with Gasteiger partial charge in [-0.15, -0.1) is 0 Å². The number of hydrogen-bond donors (Lipinski definition) is 2. The molecule has 2 rings (SSSR count). The van der Waals surface area contributed by atoms with Crippen LogP contribution in [0.4, 0.5) is 0 Å². The topological polar surface area (TPSA) is 73.3 Å². The molecule has 7 heteroatoms. The third kappa shape index (κ3) is 7.36. The molecule has 0 amide bonds. The summed E-state index contributed by atoms with van der Waals surface area (Å²) in [4.78, 5) is 4.68. The molecule has 0 fully saturated rings. The van der Waals surface area contributed by atoms with E-state index < -0.39 is 0 Å². The first-order chi connectivity index (χ1) is 15.1. The lowest BCUT2D eigenvalue weighted by atomic mass is 10.1. The van der Waals surface area contributed by atoms with E-state index in [9.17, 15) is 0 Å². The number of rotatable bonds is 12. The molecule has 170 valence electrons. The molecule has 0 saturated heterocycles. The summed E-state index contributed by atoms with van der Waals surface area (Å²) in [6.45, 7) is 6.77. The van der Waals surface area contributed by atoms with Crippen molar-refractivity contribution < 1.29 is 18.9 Å². The third-order valence-electron chi connectivity index (χ3n) is 4.79. The van der Waals surface area contributed by atoms with E-state index >= 15 is 0 Å². The number of nitrogens with zero attached hydrogens (tertiary/aromatic N) is 1. The summed E-state index contributed by atoms with van der Waals surface area (Å²) in [6.07, 6.45) is 0.960. The number of aliphatic imine (C=N–C) groups is 1. The molecule has 0 spiro atoms. The quantitative estimate of drug-likeness (QED) is 0.303. The van der Waals surface area contributed by atoms with E-state index in [1.165, 1.54) is 5.56 Å². The first-order valence-corrected chi connectivity index (χ1v) is 10.6. The molecular formula is C24H35N3O4. The van der Waals surface area contributed by atoms with E-state index in [4.69, 9.17) is 18.9 Å². The molecule has 31 heavy (non-hydrogen) atoms. The van der Waals surface area contributed by atoms with Gasteiger partial charge in [-0.3, -0.25) is 0 Å². The van der Waals surface area contributed by atoms with E-state index in [0.29, 0.717) is 30.4 Å². The molecule has 0 heterocycles. The lowest BCUT2D eigenvalue weighted by Gasteiger charge is -2.16. The zero-order chi connectivity index (χ0) is 22.5. The van der Waals surface area contributed by atoms with Crippen molar-refractivity contribution in [2.45, 2.75) is 32.9 Å². The summed E-state index contributed by atoms with van der Waals surface area (Å²) in [6, 6.07) is 14.0. The van der Waals surface area contributed by atoms with Crippen LogP contribution in [0.1, 0.15) is 37.5 Å². The van der Waals surface area contributed by atoms with E-state index in [0.717, 1.165) is 31.0 Å². The molecular weight excluding hydrogens is 394 g/mol. The second-order valence-corrected chi connectivity index (χ2v) is 6.89. The minimum absolute atomic E-state index is 0.0839. The number of nitrogens with one attached hydrogen (secondary N) is 2. The smallest absolute Gasteiger partial charge is 0.203 e. The molecule has 7 nitrogen and oxygen atoms in total. The molecule has 2 aromatic rings. The van der Waals surface area contributed by atoms with Crippen LogP contribution in [0.3, 0.4) is 0 Å². The van der Waals surface area contributed by atoms with Gasteiger partial charge in [0, 0.05) is 25.3 Å². The molecule has 0 bridgehead atoms. The fourth-order valence-electron chi connectivity index (χ4n) is 3.15. The fourth-order valence-corrected chi connectivity index (χ4v) is 3.15. The number of ether oxygens (including phenoxy) is 4. The Morgan fingerprint density at radius 1 is 0.935 bits per heavy atom. The van der Waals surface area contributed by atoms with Crippen molar-refractivity contribution in [3.8, 4) is 17.2 Å². The van der Waals surface area contributed by atoms with Crippen LogP contribution < -0.4 is 24.8 Å². The maximum absolute atomic E-state index is 5.93. The molecule has 0 aromatic heterocycles. The number of methoxy groups -OCH3 is 3. The van der Waals surface area contributed by atoms with E-state index in [1.807, 2.05) is 37.3 Å². The van der Waals surface area contributed by atoms with Crippen LogP contribution >= 0.6 is 0 Å². The summed E-state index contributed by atoms with van der Waals surface area (Å²) in [7, 11) is 4.82. The normalized spacial score (nSPS) is 12.2. The van der Waals surface area contributed by atoms with Crippen LogP contribution in [0.15, 0.2) is 47.5 Å². The SMILES string of the molecule is CCNC(=NCc1ccc(OC)c(OC)c1OC)NCCCOC(C)c1ccccc1. The van der Waals surface area contributed by atoms with Gasteiger partial charge < -0.3 is 29.6 Å². The van der Waals surface area contributed by atoms with Gasteiger partial charge in [0.1, 0.15) is 0 Å². The Kier molecular flexibility index (Phi) is 10.5. The maximum atomic E-state index is 5.93. The molecule has 1 atom stereocenters. The highest BCUT2D eigenvalue weighted by molar-refractivity contribution is 5.79.